The number of aromatic nitrogens is 3. The Morgan fingerprint density at radius 3 is 2.78 bits per heavy atom. The zero-order valence-corrected chi connectivity index (χ0v) is 10.7. The van der Waals surface area contributed by atoms with Crippen LogP contribution in [0.2, 0.25) is 0 Å². The lowest BCUT2D eigenvalue weighted by molar-refractivity contribution is 0.0701. The van der Waals surface area contributed by atoms with Crippen molar-refractivity contribution in [2.45, 2.75) is 20.3 Å². The van der Waals surface area contributed by atoms with Gasteiger partial charge in [-0.1, -0.05) is 16.5 Å². The first-order valence-electron chi connectivity index (χ1n) is 5.30. The van der Waals surface area contributed by atoms with Crippen LogP contribution in [-0.4, -0.2) is 32.7 Å². The molecule has 0 bridgehead atoms. The molecule has 7 nitrogen and oxygen atoms in total. The Kier molecular flexibility index (Phi) is 3.56. The third kappa shape index (κ3) is 2.83. The van der Waals surface area contributed by atoms with E-state index in [-0.39, 0.29) is 4.88 Å². The minimum atomic E-state index is -0.953. The predicted octanol–water partition coefficient (Wildman–Crippen LogP) is 1.50. The lowest BCUT2D eigenvalue weighted by Gasteiger charge is -1.97. The second kappa shape index (κ2) is 5.13. The summed E-state index contributed by atoms with van der Waals surface area (Å²) in [6, 6.07) is 0. The highest BCUT2D eigenvalue weighted by molar-refractivity contribution is 7.17. The summed E-state index contributed by atoms with van der Waals surface area (Å²) in [6.45, 7) is 3.99. The molecule has 18 heavy (non-hydrogen) atoms. The number of carbonyl (C=O) groups is 1. The fourth-order valence-corrected chi connectivity index (χ4v) is 2.22. The predicted molar refractivity (Wildman–Crippen MR) is 65.0 cm³/mol. The number of carboxylic acids is 1. The number of anilines is 1. The van der Waals surface area contributed by atoms with Crippen LogP contribution in [0.3, 0.4) is 0 Å². The summed E-state index contributed by atoms with van der Waals surface area (Å²) in [5, 5.41) is 16.2. The summed E-state index contributed by atoms with van der Waals surface area (Å²) >= 11 is 1.12. The van der Waals surface area contributed by atoms with Gasteiger partial charge in [0.15, 0.2) is 11.0 Å². The van der Waals surface area contributed by atoms with Gasteiger partial charge in [-0.05, 0) is 13.8 Å². The third-order valence-corrected chi connectivity index (χ3v) is 3.28. The average Bonchev–Trinajstić information content (AvgIpc) is 2.85. The maximum absolute atomic E-state index is 10.8. The molecule has 0 saturated heterocycles. The van der Waals surface area contributed by atoms with Gasteiger partial charge in [-0.3, -0.25) is 0 Å². The molecule has 2 aromatic rings. The fourth-order valence-electron chi connectivity index (χ4n) is 1.39. The molecule has 0 radical (unpaired) electrons. The number of nitrogens with one attached hydrogen (secondary N) is 1. The molecule has 0 aromatic carbocycles. The van der Waals surface area contributed by atoms with Crippen molar-refractivity contribution >= 4 is 22.4 Å². The molecule has 0 saturated carbocycles. The van der Waals surface area contributed by atoms with Gasteiger partial charge in [-0.25, -0.2) is 9.78 Å². The smallest absolute Gasteiger partial charge is 0.347 e. The van der Waals surface area contributed by atoms with E-state index >= 15 is 0 Å². The monoisotopic (exact) mass is 268 g/mol. The molecule has 0 aliphatic rings. The Hall–Kier alpha value is -1.96. The van der Waals surface area contributed by atoms with Crippen molar-refractivity contribution in [3.63, 3.8) is 0 Å². The fraction of sp³-hybridized carbons (Fsp3) is 0.400. The summed E-state index contributed by atoms with van der Waals surface area (Å²) in [6.07, 6.45) is 0.571. The average molecular weight is 268 g/mol. The molecule has 2 N–H and O–H groups in total. The maximum atomic E-state index is 10.8. The van der Waals surface area contributed by atoms with Gasteiger partial charge in [-0.15, -0.1) is 0 Å². The molecular formula is C10H12N4O3S. The number of aromatic carboxylic acids is 1. The van der Waals surface area contributed by atoms with E-state index in [2.05, 4.69) is 20.4 Å². The highest BCUT2D eigenvalue weighted by Crippen LogP contribution is 2.22. The van der Waals surface area contributed by atoms with Crippen LogP contribution in [0, 0.1) is 13.8 Å². The number of rotatable bonds is 5. The summed E-state index contributed by atoms with van der Waals surface area (Å²) in [5.41, 5.74) is 0.517. The zero-order valence-electron chi connectivity index (χ0n) is 9.93. The van der Waals surface area contributed by atoms with E-state index in [1.165, 1.54) is 0 Å². The topological polar surface area (TPSA) is 101 Å². The molecule has 0 amide bonds. The largest absolute Gasteiger partial charge is 0.477 e. The summed E-state index contributed by atoms with van der Waals surface area (Å²) in [5.74, 6) is 0.195. The molecule has 0 atom stereocenters. The summed E-state index contributed by atoms with van der Waals surface area (Å²) in [7, 11) is 0. The van der Waals surface area contributed by atoms with E-state index in [4.69, 9.17) is 9.63 Å². The van der Waals surface area contributed by atoms with Crippen molar-refractivity contribution in [3.8, 4) is 0 Å². The third-order valence-electron chi connectivity index (χ3n) is 2.18. The van der Waals surface area contributed by atoms with E-state index in [9.17, 15) is 4.79 Å². The molecule has 2 heterocycles. The van der Waals surface area contributed by atoms with E-state index in [1.54, 1.807) is 13.8 Å². The minimum absolute atomic E-state index is 0.256. The van der Waals surface area contributed by atoms with E-state index in [0.717, 1.165) is 11.3 Å². The number of nitrogens with zero attached hydrogens (tertiary/aromatic N) is 3. The standard InChI is InChI=1S/C10H12N4O3S/c1-5-8(9(15)16)18-10(12-5)11-4-3-7-13-6(2)14-17-7/h3-4H2,1-2H3,(H,11,12)(H,15,16). The maximum Gasteiger partial charge on any atom is 0.347 e. The molecule has 0 fully saturated rings. The van der Waals surface area contributed by atoms with Gasteiger partial charge in [-0.2, -0.15) is 4.98 Å². The number of carboxylic acid groups (broad SMARTS) is 1. The molecule has 96 valence electrons. The van der Waals surface area contributed by atoms with Crippen LogP contribution in [0.4, 0.5) is 5.13 Å². The molecule has 2 rings (SSSR count). The molecule has 8 heteroatoms. The van der Waals surface area contributed by atoms with Gasteiger partial charge < -0.3 is 14.9 Å². The van der Waals surface area contributed by atoms with Crippen molar-refractivity contribution < 1.29 is 14.4 Å². The Morgan fingerprint density at radius 2 is 2.22 bits per heavy atom. The van der Waals surface area contributed by atoms with Crippen molar-refractivity contribution in [2.75, 3.05) is 11.9 Å². The van der Waals surface area contributed by atoms with Gasteiger partial charge in [0, 0.05) is 13.0 Å². The van der Waals surface area contributed by atoms with Gasteiger partial charge in [0.2, 0.25) is 5.89 Å². The van der Waals surface area contributed by atoms with Gasteiger partial charge >= 0.3 is 5.97 Å². The normalized spacial score (nSPS) is 10.6. The Balaban J connectivity index is 1.90. The first kappa shape index (κ1) is 12.5. The number of thiazole rings is 1. The lowest BCUT2D eigenvalue weighted by atomic mass is 10.4. The molecule has 2 aromatic heterocycles. The Morgan fingerprint density at radius 1 is 1.44 bits per heavy atom. The van der Waals surface area contributed by atoms with Crippen molar-refractivity contribution in [1.82, 2.24) is 15.1 Å². The lowest BCUT2D eigenvalue weighted by Crippen LogP contribution is -2.04. The quantitative estimate of drug-likeness (QED) is 0.847. The first-order valence-corrected chi connectivity index (χ1v) is 6.11. The van der Waals surface area contributed by atoms with E-state index in [1.807, 2.05) is 0 Å². The molecule has 0 aliphatic carbocycles. The van der Waals surface area contributed by atoms with Gasteiger partial charge in [0.25, 0.3) is 0 Å². The van der Waals surface area contributed by atoms with Crippen LogP contribution in [0.5, 0.6) is 0 Å². The van der Waals surface area contributed by atoms with Crippen LogP contribution in [0.25, 0.3) is 0 Å². The summed E-state index contributed by atoms with van der Waals surface area (Å²) in [4.78, 5) is 19.3. The molecule has 0 unspecified atom stereocenters. The second-order valence-electron chi connectivity index (χ2n) is 3.65. The Bertz CT molecular complexity index is 563. The number of hydrogen-bond donors (Lipinski definition) is 2. The Labute approximate surface area is 107 Å². The first-order chi connectivity index (χ1) is 8.56. The van der Waals surface area contributed by atoms with Crippen LogP contribution >= 0.6 is 11.3 Å². The van der Waals surface area contributed by atoms with Crippen molar-refractivity contribution in [1.29, 1.82) is 0 Å². The minimum Gasteiger partial charge on any atom is -0.477 e. The van der Waals surface area contributed by atoms with Crippen LogP contribution in [0.1, 0.15) is 27.1 Å². The number of aryl methyl sites for hydroxylation is 2. The van der Waals surface area contributed by atoms with Crippen LogP contribution in [0.15, 0.2) is 4.52 Å². The zero-order chi connectivity index (χ0) is 13.1. The van der Waals surface area contributed by atoms with E-state index in [0.29, 0.717) is 35.5 Å². The van der Waals surface area contributed by atoms with Crippen LogP contribution in [-0.2, 0) is 6.42 Å². The van der Waals surface area contributed by atoms with Crippen molar-refractivity contribution in [2.24, 2.45) is 0 Å². The highest BCUT2D eigenvalue weighted by atomic mass is 32.1. The second-order valence-corrected chi connectivity index (χ2v) is 4.65. The number of hydrogen-bond acceptors (Lipinski definition) is 7. The molecule has 0 spiro atoms. The van der Waals surface area contributed by atoms with Gasteiger partial charge in [0.05, 0.1) is 5.69 Å². The summed E-state index contributed by atoms with van der Waals surface area (Å²) < 4.78 is 4.96. The van der Waals surface area contributed by atoms with Crippen molar-refractivity contribution in [3.05, 3.63) is 22.3 Å². The molecular weight excluding hydrogens is 256 g/mol. The highest BCUT2D eigenvalue weighted by Gasteiger charge is 2.13. The van der Waals surface area contributed by atoms with E-state index < -0.39 is 5.97 Å². The van der Waals surface area contributed by atoms with Gasteiger partial charge in [0.1, 0.15) is 4.88 Å². The van der Waals surface area contributed by atoms with Crippen LogP contribution < -0.4 is 5.32 Å². The SMILES string of the molecule is Cc1noc(CCNc2nc(C)c(C(=O)O)s2)n1. The molecule has 0 aliphatic heterocycles.